The molecule has 0 radical (unpaired) electrons. The van der Waals surface area contributed by atoms with E-state index in [-0.39, 0.29) is 17.6 Å². The molecule has 2 aromatic rings. The highest BCUT2D eigenvalue weighted by molar-refractivity contribution is 6.01. The molecule has 154 valence electrons. The Morgan fingerprint density at radius 2 is 1.68 bits per heavy atom. The third-order valence-corrected chi connectivity index (χ3v) is 3.85. The van der Waals surface area contributed by atoms with Crippen LogP contribution in [0.1, 0.15) is 82.4 Å². The molecule has 0 aliphatic heterocycles. The summed E-state index contributed by atoms with van der Waals surface area (Å²) < 4.78 is 7.22. The summed E-state index contributed by atoms with van der Waals surface area (Å²) in [5, 5.41) is 5.92. The van der Waals surface area contributed by atoms with Crippen LogP contribution in [0.5, 0.6) is 0 Å². The number of carbonyl (C=O) groups is 2. The van der Waals surface area contributed by atoms with Crippen molar-refractivity contribution in [3.63, 3.8) is 0 Å². The molecule has 0 fully saturated rings. The number of aromatic nitrogens is 2. The summed E-state index contributed by atoms with van der Waals surface area (Å²) in [6.45, 7) is 14.0. The monoisotopic (exact) mass is 388 g/mol. The lowest BCUT2D eigenvalue weighted by molar-refractivity contribution is 0.0901. The number of hydrogen-bond acceptors (Lipinski definition) is 4. The van der Waals surface area contributed by atoms with E-state index in [1.807, 2.05) is 41.5 Å². The second kappa shape index (κ2) is 8.20. The third-order valence-electron chi connectivity index (χ3n) is 3.85. The summed E-state index contributed by atoms with van der Waals surface area (Å²) in [4.78, 5) is 30.6. The maximum Gasteiger partial charge on any atom is 0.287 e. The van der Waals surface area contributed by atoms with Crippen molar-refractivity contribution in [2.24, 2.45) is 0 Å². The van der Waals surface area contributed by atoms with Crippen molar-refractivity contribution in [2.75, 3.05) is 0 Å². The Kier molecular flexibility index (Phi) is 6.37. The fourth-order valence-corrected chi connectivity index (χ4v) is 2.77. The van der Waals surface area contributed by atoms with Gasteiger partial charge in [0, 0.05) is 17.6 Å². The van der Waals surface area contributed by atoms with Crippen molar-refractivity contribution in [1.29, 1.82) is 0 Å². The van der Waals surface area contributed by atoms with E-state index in [0.717, 1.165) is 12.8 Å². The quantitative estimate of drug-likeness (QED) is 0.783. The predicted octanol–water partition coefficient (Wildman–Crippen LogP) is 4.00. The predicted molar refractivity (Wildman–Crippen MR) is 109 cm³/mol. The van der Waals surface area contributed by atoms with Crippen LogP contribution in [-0.4, -0.2) is 32.4 Å². The molecule has 0 aliphatic carbocycles. The number of carbonyl (C=O) groups excluding carboxylic acids is 2. The van der Waals surface area contributed by atoms with Crippen molar-refractivity contribution >= 4 is 11.8 Å². The van der Waals surface area contributed by atoms with Crippen molar-refractivity contribution < 1.29 is 14.0 Å². The van der Waals surface area contributed by atoms with E-state index in [0.29, 0.717) is 23.7 Å². The molecule has 2 heterocycles. The fourth-order valence-electron chi connectivity index (χ4n) is 2.77. The average Bonchev–Trinajstić information content (AvgIpc) is 3.16. The zero-order chi connectivity index (χ0) is 21.1. The lowest BCUT2D eigenvalue weighted by Crippen LogP contribution is -2.43. The molecule has 0 bridgehead atoms. The van der Waals surface area contributed by atoms with Gasteiger partial charge in [0.05, 0.1) is 6.26 Å². The van der Waals surface area contributed by atoms with Gasteiger partial charge in [-0.15, -0.1) is 0 Å². The molecule has 0 saturated heterocycles. The van der Waals surface area contributed by atoms with Gasteiger partial charge in [-0.3, -0.25) is 9.59 Å². The second-order valence-electron chi connectivity index (χ2n) is 9.02. The van der Waals surface area contributed by atoms with E-state index in [4.69, 9.17) is 4.42 Å². The van der Waals surface area contributed by atoms with Crippen molar-refractivity contribution in [2.45, 2.75) is 78.9 Å². The zero-order valence-electron chi connectivity index (χ0n) is 18.0. The number of amides is 2. The Morgan fingerprint density at radius 3 is 2.18 bits per heavy atom. The van der Waals surface area contributed by atoms with Gasteiger partial charge in [0.25, 0.3) is 11.8 Å². The largest absolute Gasteiger partial charge is 0.463 e. The van der Waals surface area contributed by atoms with Gasteiger partial charge in [0.1, 0.15) is 11.4 Å². The molecule has 2 rings (SSSR count). The second-order valence-corrected chi connectivity index (χ2v) is 9.02. The maximum absolute atomic E-state index is 13.1. The lowest BCUT2D eigenvalue weighted by atomic mass is 10.1. The molecule has 0 aliphatic rings. The van der Waals surface area contributed by atoms with Gasteiger partial charge in [-0.2, -0.15) is 0 Å². The molecule has 28 heavy (non-hydrogen) atoms. The number of nitrogens with one attached hydrogen (secondary N) is 2. The molecule has 0 unspecified atom stereocenters. The summed E-state index contributed by atoms with van der Waals surface area (Å²) in [5.41, 5.74) is -0.123. The van der Waals surface area contributed by atoms with Gasteiger partial charge in [-0.05, 0) is 60.1 Å². The zero-order valence-corrected chi connectivity index (χ0v) is 18.0. The first kappa shape index (κ1) is 21.7. The van der Waals surface area contributed by atoms with Crippen LogP contribution in [0, 0.1) is 0 Å². The summed E-state index contributed by atoms with van der Waals surface area (Å²) in [6, 6.07) is 3.48. The first-order valence-electron chi connectivity index (χ1n) is 9.72. The minimum Gasteiger partial charge on any atom is -0.463 e. The third kappa shape index (κ3) is 5.47. The van der Waals surface area contributed by atoms with Crippen LogP contribution >= 0.6 is 0 Å². The summed E-state index contributed by atoms with van der Waals surface area (Å²) >= 11 is 0. The van der Waals surface area contributed by atoms with Crippen LogP contribution < -0.4 is 10.6 Å². The molecular weight excluding hydrogens is 356 g/mol. The van der Waals surface area contributed by atoms with E-state index >= 15 is 0 Å². The van der Waals surface area contributed by atoms with Gasteiger partial charge < -0.3 is 19.6 Å². The van der Waals surface area contributed by atoms with Crippen LogP contribution in [-0.2, 0) is 6.54 Å². The first-order valence-corrected chi connectivity index (χ1v) is 9.72. The summed E-state index contributed by atoms with van der Waals surface area (Å²) in [5.74, 6) is 0.0801. The van der Waals surface area contributed by atoms with Crippen LogP contribution in [0.4, 0.5) is 0 Å². The first-order chi connectivity index (χ1) is 12.9. The highest BCUT2D eigenvalue weighted by Gasteiger charge is 2.31. The van der Waals surface area contributed by atoms with E-state index < -0.39 is 11.1 Å². The highest BCUT2D eigenvalue weighted by Crippen LogP contribution is 2.26. The lowest BCUT2D eigenvalue weighted by Gasteiger charge is -2.22. The molecule has 0 saturated carbocycles. The molecule has 0 spiro atoms. The number of furan rings is 1. The minimum absolute atomic E-state index is 0.217. The van der Waals surface area contributed by atoms with Gasteiger partial charge in [0.2, 0.25) is 0 Å². The van der Waals surface area contributed by atoms with E-state index in [9.17, 15) is 9.59 Å². The van der Waals surface area contributed by atoms with Crippen molar-refractivity contribution in [3.05, 3.63) is 29.9 Å². The Morgan fingerprint density at radius 1 is 1.07 bits per heavy atom. The molecule has 2 amide bonds. The van der Waals surface area contributed by atoms with Crippen LogP contribution in [0.3, 0.4) is 0 Å². The molecule has 2 aromatic heterocycles. The Bertz CT molecular complexity index is 821. The highest BCUT2D eigenvalue weighted by atomic mass is 16.3. The Balaban J connectivity index is 2.63. The summed E-state index contributed by atoms with van der Waals surface area (Å²) in [6.07, 6.45) is 3.27. The van der Waals surface area contributed by atoms with Gasteiger partial charge in [-0.25, -0.2) is 4.98 Å². The molecule has 7 nitrogen and oxygen atoms in total. The minimum atomic E-state index is -0.425. The van der Waals surface area contributed by atoms with Gasteiger partial charge >= 0.3 is 0 Å². The Hall–Kier alpha value is -2.57. The van der Waals surface area contributed by atoms with Gasteiger partial charge in [0.15, 0.2) is 11.6 Å². The van der Waals surface area contributed by atoms with Crippen LogP contribution in [0.15, 0.2) is 22.8 Å². The maximum atomic E-state index is 13.1. The van der Waals surface area contributed by atoms with E-state index in [1.54, 1.807) is 16.7 Å². The van der Waals surface area contributed by atoms with E-state index in [2.05, 4.69) is 22.5 Å². The van der Waals surface area contributed by atoms with Crippen molar-refractivity contribution in [3.8, 4) is 11.5 Å². The van der Waals surface area contributed by atoms with Gasteiger partial charge in [-0.1, -0.05) is 13.3 Å². The standard InChI is InChI=1S/C21H32N4O3/c1-8-9-12-25-16(18(26)23-20(2,3)4)15(14-11-10-13-28-14)22-17(25)19(27)24-21(5,6)7/h10-11,13H,8-9,12H2,1-7H3,(H,23,26)(H,24,27). The summed E-state index contributed by atoms with van der Waals surface area (Å²) in [7, 11) is 0. The Labute approximate surface area is 166 Å². The number of nitrogens with zero attached hydrogens (tertiary/aromatic N) is 2. The average molecular weight is 389 g/mol. The molecule has 0 aromatic carbocycles. The van der Waals surface area contributed by atoms with Crippen LogP contribution in [0.2, 0.25) is 0 Å². The molecule has 2 N–H and O–H groups in total. The number of hydrogen-bond donors (Lipinski definition) is 2. The SMILES string of the molecule is CCCCn1c(C(=O)NC(C)(C)C)nc(-c2ccco2)c1C(=O)NC(C)(C)C. The number of rotatable bonds is 6. The molecular formula is C21H32N4O3. The topological polar surface area (TPSA) is 89.2 Å². The number of unbranched alkanes of at least 4 members (excludes halogenated alkanes) is 1. The normalized spacial score (nSPS) is 12.1. The van der Waals surface area contributed by atoms with Crippen LogP contribution in [0.25, 0.3) is 11.5 Å². The smallest absolute Gasteiger partial charge is 0.287 e. The molecule has 7 heteroatoms. The van der Waals surface area contributed by atoms with Crippen molar-refractivity contribution in [1.82, 2.24) is 20.2 Å². The number of imidazole rings is 1. The van der Waals surface area contributed by atoms with E-state index in [1.165, 1.54) is 6.26 Å². The molecule has 0 atom stereocenters. The fraction of sp³-hybridized carbons (Fsp3) is 0.571.